The monoisotopic (exact) mass is 161 g/mol. The molecule has 1 heteroatoms. The Balaban J connectivity index is 4.11. The van der Waals surface area contributed by atoms with E-state index in [1.54, 1.807) is 0 Å². The van der Waals surface area contributed by atoms with Gasteiger partial charge in [0.2, 0.25) is 0 Å². The van der Waals surface area contributed by atoms with Crippen LogP contribution in [-0.2, 0) is 0 Å². The number of nitrogens with zero attached hydrogens (tertiary/aromatic N) is 1. The molecule has 0 rings (SSSR count). The van der Waals surface area contributed by atoms with Gasteiger partial charge in [-0.25, -0.2) is 0 Å². The van der Waals surface area contributed by atoms with Gasteiger partial charge in [-0.1, -0.05) is 30.7 Å². The summed E-state index contributed by atoms with van der Waals surface area (Å²) in [5.74, 6) is 0. The van der Waals surface area contributed by atoms with E-state index in [9.17, 15) is 0 Å². The standard InChI is InChI=1S/C11H15N/c1-4-10(2)6-5-7-11(3)8-9-12/h5-8H,4H2,1-3H3/b7-5-,10-6-,11-8+. The van der Waals surface area contributed by atoms with Crippen molar-refractivity contribution in [1.29, 1.82) is 5.26 Å². The Morgan fingerprint density at radius 3 is 2.58 bits per heavy atom. The van der Waals surface area contributed by atoms with Gasteiger partial charge < -0.3 is 0 Å². The van der Waals surface area contributed by atoms with E-state index in [2.05, 4.69) is 19.9 Å². The summed E-state index contributed by atoms with van der Waals surface area (Å²) in [7, 11) is 0. The summed E-state index contributed by atoms with van der Waals surface area (Å²) in [6.45, 7) is 6.13. The highest BCUT2D eigenvalue weighted by atomic mass is 14.2. The van der Waals surface area contributed by atoms with Crippen LogP contribution in [0.25, 0.3) is 0 Å². The summed E-state index contributed by atoms with van der Waals surface area (Å²) in [6.07, 6.45) is 8.58. The van der Waals surface area contributed by atoms with Crippen molar-refractivity contribution in [3.63, 3.8) is 0 Å². The van der Waals surface area contributed by atoms with Crippen LogP contribution < -0.4 is 0 Å². The van der Waals surface area contributed by atoms with Crippen LogP contribution in [0, 0.1) is 11.3 Å². The van der Waals surface area contributed by atoms with E-state index < -0.39 is 0 Å². The summed E-state index contributed by atoms with van der Waals surface area (Å²) in [6, 6.07) is 1.99. The summed E-state index contributed by atoms with van der Waals surface area (Å²) in [5.41, 5.74) is 2.33. The number of hydrogen-bond acceptors (Lipinski definition) is 1. The minimum absolute atomic E-state index is 0.984. The van der Waals surface area contributed by atoms with Crippen LogP contribution in [-0.4, -0.2) is 0 Å². The highest BCUT2D eigenvalue weighted by Crippen LogP contribution is 1.99. The molecule has 0 amide bonds. The molecule has 0 atom stereocenters. The Kier molecular flexibility index (Phi) is 5.73. The maximum absolute atomic E-state index is 8.32. The van der Waals surface area contributed by atoms with Gasteiger partial charge in [-0.15, -0.1) is 0 Å². The van der Waals surface area contributed by atoms with Gasteiger partial charge in [0.15, 0.2) is 0 Å². The van der Waals surface area contributed by atoms with E-state index >= 15 is 0 Å². The van der Waals surface area contributed by atoms with Crippen LogP contribution in [0.1, 0.15) is 27.2 Å². The first-order valence-corrected chi connectivity index (χ1v) is 4.11. The molecule has 0 unspecified atom stereocenters. The predicted octanol–water partition coefficient (Wildman–Crippen LogP) is 3.37. The highest BCUT2D eigenvalue weighted by Gasteiger charge is 1.80. The lowest BCUT2D eigenvalue weighted by Gasteiger charge is -1.89. The van der Waals surface area contributed by atoms with Crippen LogP contribution in [0.2, 0.25) is 0 Å². The smallest absolute Gasteiger partial charge is 0.0914 e. The summed E-state index contributed by atoms with van der Waals surface area (Å²) >= 11 is 0. The minimum Gasteiger partial charge on any atom is -0.193 e. The van der Waals surface area contributed by atoms with Crippen molar-refractivity contribution < 1.29 is 0 Å². The molecule has 0 saturated heterocycles. The van der Waals surface area contributed by atoms with Crippen molar-refractivity contribution in [2.75, 3.05) is 0 Å². The zero-order valence-corrected chi connectivity index (χ0v) is 7.96. The first-order chi connectivity index (χ1) is 5.70. The van der Waals surface area contributed by atoms with Gasteiger partial charge in [0.05, 0.1) is 6.07 Å². The quantitative estimate of drug-likeness (QED) is 0.460. The third-order valence-corrected chi connectivity index (χ3v) is 1.59. The average molecular weight is 161 g/mol. The SMILES string of the molecule is CC\C(C)=C/C=C\C(C)=C\C#N. The van der Waals surface area contributed by atoms with Gasteiger partial charge in [-0.05, 0) is 25.8 Å². The molecular weight excluding hydrogens is 146 g/mol. The molecule has 0 spiro atoms. The molecular formula is C11H15N. The highest BCUT2D eigenvalue weighted by molar-refractivity contribution is 5.25. The Bertz CT molecular complexity index is 249. The lowest BCUT2D eigenvalue weighted by Crippen LogP contribution is -1.69. The second kappa shape index (κ2) is 6.42. The molecule has 0 N–H and O–H groups in total. The van der Waals surface area contributed by atoms with Crippen molar-refractivity contribution in [3.05, 3.63) is 35.5 Å². The Morgan fingerprint density at radius 2 is 2.08 bits per heavy atom. The molecule has 0 aliphatic carbocycles. The average Bonchev–Trinajstić information content (AvgIpc) is 2.04. The van der Waals surface area contributed by atoms with Gasteiger partial charge >= 0.3 is 0 Å². The molecule has 0 fully saturated rings. The molecule has 1 nitrogen and oxygen atoms in total. The van der Waals surface area contributed by atoms with Crippen molar-refractivity contribution in [3.8, 4) is 6.07 Å². The molecule has 0 aromatic carbocycles. The number of allylic oxidation sites excluding steroid dienone is 6. The molecule has 12 heavy (non-hydrogen) atoms. The topological polar surface area (TPSA) is 23.8 Å². The predicted molar refractivity (Wildman–Crippen MR) is 52.6 cm³/mol. The summed E-state index contributed by atoms with van der Waals surface area (Å²) in [4.78, 5) is 0. The Hall–Kier alpha value is -1.29. The van der Waals surface area contributed by atoms with Gasteiger partial charge in [-0.2, -0.15) is 5.26 Å². The number of nitriles is 1. The maximum atomic E-state index is 8.32. The molecule has 0 aliphatic heterocycles. The minimum atomic E-state index is 0.984. The molecule has 0 radical (unpaired) electrons. The van der Waals surface area contributed by atoms with Crippen LogP contribution in [0.4, 0.5) is 0 Å². The summed E-state index contributed by atoms with van der Waals surface area (Å²) < 4.78 is 0. The first kappa shape index (κ1) is 10.7. The van der Waals surface area contributed by atoms with E-state index in [0.29, 0.717) is 0 Å². The second-order valence-electron chi connectivity index (χ2n) is 2.74. The maximum Gasteiger partial charge on any atom is 0.0914 e. The van der Waals surface area contributed by atoms with Crippen LogP contribution in [0.5, 0.6) is 0 Å². The van der Waals surface area contributed by atoms with Crippen molar-refractivity contribution in [1.82, 2.24) is 0 Å². The molecule has 0 heterocycles. The molecule has 0 bridgehead atoms. The Labute approximate surface area is 74.7 Å². The van der Waals surface area contributed by atoms with Gasteiger partial charge in [0, 0.05) is 6.08 Å². The fourth-order valence-corrected chi connectivity index (χ4v) is 0.632. The van der Waals surface area contributed by atoms with E-state index in [0.717, 1.165) is 12.0 Å². The Morgan fingerprint density at radius 1 is 1.42 bits per heavy atom. The normalized spacial score (nSPS) is 13.5. The van der Waals surface area contributed by atoms with E-state index in [4.69, 9.17) is 5.26 Å². The zero-order chi connectivity index (χ0) is 9.40. The lowest BCUT2D eigenvalue weighted by molar-refractivity contribution is 1.10. The van der Waals surface area contributed by atoms with Crippen LogP contribution in [0.15, 0.2) is 35.5 Å². The van der Waals surface area contributed by atoms with E-state index in [1.807, 2.05) is 25.1 Å². The van der Waals surface area contributed by atoms with Gasteiger partial charge in [0.1, 0.15) is 0 Å². The number of hydrogen-bond donors (Lipinski definition) is 0. The van der Waals surface area contributed by atoms with Crippen LogP contribution >= 0.6 is 0 Å². The first-order valence-electron chi connectivity index (χ1n) is 4.11. The largest absolute Gasteiger partial charge is 0.193 e. The molecule has 0 aromatic rings. The second-order valence-corrected chi connectivity index (χ2v) is 2.74. The fourth-order valence-electron chi connectivity index (χ4n) is 0.632. The fraction of sp³-hybridized carbons (Fsp3) is 0.364. The molecule has 0 aromatic heterocycles. The van der Waals surface area contributed by atoms with Gasteiger partial charge in [-0.3, -0.25) is 0 Å². The van der Waals surface area contributed by atoms with Gasteiger partial charge in [0.25, 0.3) is 0 Å². The molecule has 0 saturated carbocycles. The molecule has 64 valence electrons. The summed E-state index contributed by atoms with van der Waals surface area (Å²) in [5, 5.41) is 8.32. The van der Waals surface area contributed by atoms with Crippen LogP contribution in [0.3, 0.4) is 0 Å². The van der Waals surface area contributed by atoms with E-state index in [1.165, 1.54) is 11.6 Å². The third kappa shape index (κ3) is 5.49. The molecule has 0 aliphatic rings. The van der Waals surface area contributed by atoms with Crippen molar-refractivity contribution in [2.24, 2.45) is 0 Å². The van der Waals surface area contributed by atoms with E-state index in [-0.39, 0.29) is 0 Å². The zero-order valence-electron chi connectivity index (χ0n) is 7.96. The lowest BCUT2D eigenvalue weighted by atomic mass is 10.2. The number of rotatable bonds is 3. The third-order valence-electron chi connectivity index (χ3n) is 1.59. The van der Waals surface area contributed by atoms with Crippen molar-refractivity contribution >= 4 is 0 Å². The van der Waals surface area contributed by atoms with Crippen molar-refractivity contribution in [2.45, 2.75) is 27.2 Å².